The molecule has 100 heavy (non-hydrogen) atoms. The summed E-state index contributed by atoms with van der Waals surface area (Å²) >= 11 is 22.2. The summed E-state index contributed by atoms with van der Waals surface area (Å²) in [5.74, 6) is -2.82. The maximum Gasteiger partial charge on any atom is 0.490 e. The molecule has 9 atom stereocenters. The lowest BCUT2D eigenvalue weighted by Crippen LogP contribution is -2.35. The molecule has 6 unspecified atom stereocenters. The molecule has 31 nitrogen and oxygen atoms in total. The number of hydrogen-bond donors (Lipinski definition) is 9. The van der Waals surface area contributed by atoms with Gasteiger partial charge in [-0.1, -0.05) is 108 Å². The summed E-state index contributed by atoms with van der Waals surface area (Å²) in [5, 5.41) is 12.4. The first-order chi connectivity index (χ1) is 46.3. The number of aromatic amines is 1. The number of fused-ring (bicyclic) bond motifs is 4. The van der Waals surface area contributed by atoms with Crippen molar-refractivity contribution in [3.63, 3.8) is 0 Å². The molecule has 0 bridgehead atoms. The minimum atomic E-state index is -6.13. The zero-order valence-corrected chi connectivity index (χ0v) is 63.1. The van der Waals surface area contributed by atoms with Crippen LogP contribution in [0.3, 0.4) is 0 Å². The van der Waals surface area contributed by atoms with Crippen LogP contribution in [0.15, 0.2) is 42.6 Å². The number of thioether (sulfide) groups is 1. The molecule has 3 aromatic carbocycles. The van der Waals surface area contributed by atoms with E-state index in [-0.39, 0.29) is 133 Å². The van der Waals surface area contributed by atoms with Crippen LogP contribution in [0.4, 0.5) is 0 Å². The molecule has 1 aromatic heterocycles. The van der Waals surface area contributed by atoms with E-state index in [1.54, 1.807) is 18.2 Å². The molecule has 4 aliphatic rings. The molecule has 0 spiro atoms. The first-order valence-electron chi connectivity index (χ1n) is 31.1. The van der Waals surface area contributed by atoms with Crippen molar-refractivity contribution < 1.29 is 119 Å². The van der Waals surface area contributed by atoms with Crippen LogP contribution in [0.2, 0.25) is 15.1 Å². The molecule has 41 heteroatoms. The number of halogens is 3. The number of aryl methyl sites for hydroxylation is 1. The highest BCUT2D eigenvalue weighted by Gasteiger charge is 2.48. The third-order valence-corrected chi connectivity index (χ3v) is 27.3. The molecular formula is C59H76Cl3N3O28P4S3. The fraction of sp³-hybridized carbons (Fsp3) is 0.542. The molecule has 4 aromatic rings. The van der Waals surface area contributed by atoms with Gasteiger partial charge in [-0.05, 0) is 109 Å². The summed E-state index contributed by atoms with van der Waals surface area (Å²) < 4.78 is 167. The normalized spacial score (nSPS) is 21.7. The number of H-pyrrole nitrogens is 1. The maximum absolute atomic E-state index is 13.8. The maximum atomic E-state index is 13.8. The van der Waals surface area contributed by atoms with E-state index in [2.05, 4.69) is 27.3 Å². The lowest BCUT2D eigenvalue weighted by Gasteiger charge is -2.38. The second-order valence-electron chi connectivity index (χ2n) is 26.2. The highest BCUT2D eigenvalue weighted by Crippen LogP contribution is 2.71. The number of aromatic nitrogens is 2. The van der Waals surface area contributed by atoms with E-state index in [0.717, 1.165) is 22.5 Å². The van der Waals surface area contributed by atoms with Gasteiger partial charge in [0, 0.05) is 64.4 Å². The van der Waals surface area contributed by atoms with Crippen LogP contribution >= 0.6 is 77.9 Å². The number of Topliss-reactive ketones (excluding diaryl/α,β-unsaturated/α-hetero) is 1. The Labute approximate surface area is 593 Å². The standard InChI is InChI=1S/C59H76Cl3N3O28P4S3/c1-31-23-58(4,5)25-39-35(31)20-37-45(38-21-36-32(2)24-59(6,7)26-40(36)55(100(83,84)85)51(38)90-50(37)54(39)99(80,81)82)46-47(60)53(49(62)48(61)52(46)86-30-66)98-29-34(67)16-12-8-9-13-17-43(69)63-18-14-10-11-15-19-87-94(72,73)91-96(76,77)93-97(78,79)92-95(74,75)88-28-42-41(68)22-44(89-42)65-27-33(3)56(70)64-57(65)71/h20-21,25,27,30-32,41-42,44,68H,8-19,22-24,26,28-29H2,1-7H3,(H,63,69)(H,72,73)(H,74,75)(H,76,77)(H,78,79)(H,64,70,71)(H,80,81,82)(H,83,84,85)/t31?,32?,41-,42-,44-/m1/s1. The predicted octanol–water partition coefficient (Wildman–Crippen LogP) is 10.1. The van der Waals surface area contributed by atoms with Crippen molar-refractivity contribution in [2.24, 2.45) is 10.8 Å². The Morgan fingerprint density at radius 1 is 0.790 bits per heavy atom. The van der Waals surface area contributed by atoms with Crippen molar-refractivity contribution in [1.29, 1.82) is 0 Å². The van der Waals surface area contributed by atoms with Gasteiger partial charge in [-0.2, -0.15) is 29.8 Å². The topological polar surface area (TPSA) is 470 Å². The number of amides is 1. The van der Waals surface area contributed by atoms with Crippen LogP contribution in [0.25, 0.3) is 11.6 Å². The Kier molecular flexibility index (Phi) is 26.1. The molecule has 554 valence electrons. The van der Waals surface area contributed by atoms with E-state index < -0.39 is 132 Å². The molecule has 1 fully saturated rings. The number of phosphoric ester groups is 2. The van der Waals surface area contributed by atoms with Gasteiger partial charge in [0.05, 0.1) is 35.1 Å². The largest absolute Gasteiger partial charge is 0.490 e. The van der Waals surface area contributed by atoms with Crippen molar-refractivity contribution in [2.45, 2.75) is 183 Å². The zero-order chi connectivity index (χ0) is 74.2. The Morgan fingerprint density at radius 2 is 1.39 bits per heavy atom. The van der Waals surface area contributed by atoms with Crippen LogP contribution < -0.4 is 36.5 Å². The number of unbranched alkanes of at least 4 members (excludes halogenated alkanes) is 6. The molecule has 0 radical (unpaired) electrons. The minimum absolute atomic E-state index is 0.0216. The number of carbonyl (C=O) groups is 3. The monoisotopic (exact) mass is 1600 g/mol. The Hall–Kier alpha value is -3.99. The van der Waals surface area contributed by atoms with Gasteiger partial charge in [0.1, 0.15) is 32.9 Å². The first kappa shape index (κ1) is 81.7. The summed E-state index contributed by atoms with van der Waals surface area (Å²) in [6.07, 6.45) is 3.34. The molecule has 8 rings (SSSR count). The fourth-order valence-electron chi connectivity index (χ4n) is 12.9. The molecule has 1 amide bonds. The average Bonchev–Trinajstić information content (AvgIpc) is 0.751. The van der Waals surface area contributed by atoms with Crippen LogP contribution in [-0.4, -0.2) is 116 Å². The van der Waals surface area contributed by atoms with Gasteiger partial charge in [0.25, 0.3) is 32.3 Å². The van der Waals surface area contributed by atoms with Crippen LogP contribution in [-0.2, 0) is 86.0 Å². The number of ether oxygens (including phenoxy) is 3. The molecule has 3 heterocycles. The number of hydrogen-bond acceptors (Lipinski definition) is 23. The van der Waals surface area contributed by atoms with Crippen LogP contribution in [0, 0.1) is 17.8 Å². The number of rotatable bonds is 33. The van der Waals surface area contributed by atoms with Gasteiger partial charge in [-0.3, -0.25) is 46.9 Å². The number of aliphatic hydroxyl groups excluding tert-OH is 1. The lowest BCUT2D eigenvalue weighted by atomic mass is 9.69. The van der Waals surface area contributed by atoms with Crippen molar-refractivity contribution in [3.8, 4) is 17.2 Å². The number of phosphoric acid groups is 4. The molecule has 2 aliphatic heterocycles. The summed E-state index contributed by atoms with van der Waals surface area (Å²) in [6, 6.07) is 3.29. The Balaban J connectivity index is 0.811. The highest BCUT2D eigenvalue weighted by atomic mass is 35.5. The number of ketones is 1. The Bertz CT molecular complexity index is 4610. The average molecular weight is 1600 g/mol. The van der Waals surface area contributed by atoms with Crippen LogP contribution in [0.5, 0.6) is 17.2 Å². The quantitative estimate of drug-likeness (QED) is 0.00471. The summed E-state index contributed by atoms with van der Waals surface area (Å²) in [6.45, 7) is 11.5. The lowest BCUT2D eigenvalue weighted by molar-refractivity contribution is -0.121. The molecule has 0 saturated carbocycles. The van der Waals surface area contributed by atoms with E-state index in [0.29, 0.717) is 68.9 Å². The molecule has 9 N–H and O–H groups in total. The number of carbonyl (C=O) groups excluding carboxylic acids is 3. The van der Waals surface area contributed by atoms with Gasteiger partial charge in [0.15, 0.2) is 17.2 Å². The van der Waals surface area contributed by atoms with Crippen molar-refractivity contribution in [1.82, 2.24) is 14.9 Å². The van der Waals surface area contributed by atoms with Gasteiger partial charge in [-0.15, -0.1) is 11.8 Å². The Morgan fingerprint density at radius 3 is 2.03 bits per heavy atom. The molecular weight excluding hydrogens is 1530 g/mol. The van der Waals surface area contributed by atoms with E-state index in [1.165, 1.54) is 6.92 Å². The number of nitrogens with one attached hydrogen (secondary N) is 2. The number of aliphatic hydroxyl groups is 1. The van der Waals surface area contributed by atoms with Gasteiger partial charge in [0.2, 0.25) is 5.91 Å². The number of benzene rings is 3. The summed E-state index contributed by atoms with van der Waals surface area (Å²) in [7, 11) is -33.9. The fourth-order valence-corrected chi connectivity index (χ4v) is 21.6. The predicted molar refractivity (Wildman–Crippen MR) is 363 cm³/mol. The van der Waals surface area contributed by atoms with Gasteiger partial charge >= 0.3 is 37.0 Å². The van der Waals surface area contributed by atoms with E-state index in [4.69, 9.17) is 49.0 Å². The second kappa shape index (κ2) is 32.0. The van der Waals surface area contributed by atoms with Crippen molar-refractivity contribution >= 4 is 128 Å². The van der Waals surface area contributed by atoms with E-state index in [9.17, 15) is 92.9 Å². The highest BCUT2D eigenvalue weighted by molar-refractivity contribution is 8.00. The van der Waals surface area contributed by atoms with Crippen molar-refractivity contribution in [2.75, 3.05) is 25.5 Å². The van der Waals surface area contributed by atoms with E-state index in [1.807, 2.05) is 46.5 Å². The molecule has 1 saturated heterocycles. The summed E-state index contributed by atoms with van der Waals surface area (Å²) in [5.41, 5.74) is -1.64. The number of nitrogens with zero attached hydrogens (tertiary/aromatic N) is 1. The van der Waals surface area contributed by atoms with Crippen molar-refractivity contribution in [3.05, 3.63) is 98.1 Å². The third-order valence-electron chi connectivity index (χ3n) is 16.9. The van der Waals surface area contributed by atoms with Crippen LogP contribution in [0.1, 0.15) is 176 Å². The third kappa shape index (κ3) is 20.1. The SMILES string of the molecule is Cc1cn([C@H]2C[C@@H](O)[C@@H](COP(=O)(O)OP(=O)(O)OP(=O)(O)OP(=O)(O)OCCCCCCNC(=O)CCCCCCC(=O)CSc3c(Cl)c(Cl)c(OC=O)c(C4=c5cc6c(c(S(=O)(=O)O)c5Oc5c4cc4c(c5S(=O)(=O)O)CC(C)(C)CC4C)=CC(C)(C)CC6C)c3Cl)O2)c(=O)[nH]c1=O. The second-order valence-corrected chi connectivity index (χ2v) is 37.3. The van der Waals surface area contributed by atoms with Gasteiger partial charge in [-0.25, -0.2) is 23.1 Å². The summed E-state index contributed by atoms with van der Waals surface area (Å²) in [4.78, 5) is 103. The van der Waals surface area contributed by atoms with Gasteiger partial charge < -0.3 is 44.2 Å². The smallest absolute Gasteiger partial charge is 0.453 e. The van der Waals surface area contributed by atoms with E-state index >= 15 is 0 Å². The minimum Gasteiger partial charge on any atom is -0.453 e. The molecule has 2 aliphatic carbocycles. The first-order valence-corrected chi connectivity index (χ1v) is 42.1. The zero-order valence-electron chi connectivity index (χ0n) is 54.8.